The number of nitrogens with two attached hydrogens (primary N) is 1. The lowest BCUT2D eigenvalue weighted by Crippen LogP contribution is -2.07. The molecule has 25 heavy (non-hydrogen) atoms. The molecule has 0 aliphatic heterocycles. The van der Waals surface area contributed by atoms with Crippen molar-refractivity contribution in [3.8, 4) is 17.1 Å². The van der Waals surface area contributed by atoms with Crippen LogP contribution in [0, 0.1) is 20.8 Å². The van der Waals surface area contributed by atoms with Crippen LogP contribution in [0.25, 0.3) is 27.8 Å². The van der Waals surface area contributed by atoms with E-state index in [0.717, 1.165) is 27.7 Å². The van der Waals surface area contributed by atoms with Gasteiger partial charge >= 0.3 is 0 Å². The van der Waals surface area contributed by atoms with E-state index >= 15 is 0 Å². The van der Waals surface area contributed by atoms with Crippen molar-refractivity contribution in [3.63, 3.8) is 0 Å². The quantitative estimate of drug-likeness (QED) is 0.604. The third-order valence-electron chi connectivity index (χ3n) is 4.51. The number of hydrogen-bond acceptors (Lipinski definition) is 4. The topological polar surface area (TPSA) is 69.6 Å². The van der Waals surface area contributed by atoms with Crippen LogP contribution >= 0.6 is 0 Å². The van der Waals surface area contributed by atoms with Gasteiger partial charge in [0.2, 0.25) is 0 Å². The minimum atomic E-state index is 0.552. The van der Waals surface area contributed by atoms with Crippen LogP contribution in [0.3, 0.4) is 0 Å². The van der Waals surface area contributed by atoms with Crippen LogP contribution in [0.2, 0.25) is 0 Å². The van der Waals surface area contributed by atoms with Gasteiger partial charge in [-0.3, -0.25) is 0 Å². The summed E-state index contributed by atoms with van der Waals surface area (Å²) in [6, 6.07) is 16.3. The summed E-state index contributed by atoms with van der Waals surface area (Å²) < 4.78 is 1.65. The highest BCUT2D eigenvalue weighted by Crippen LogP contribution is 2.30. The standard InChI is InChI=1S/C20H19N5/c1-12-8-9-15(10-13(12)2)19-16-6-4-5-7-17(16)20(23-22-19)25-18(21)11-14(3)24-25/h4-11H,21H2,1-3H3. The SMILES string of the molecule is Cc1cc(N)n(-c2nnc(-c3ccc(C)c(C)c3)c3ccccc23)n1. The Kier molecular flexibility index (Phi) is 3.50. The summed E-state index contributed by atoms with van der Waals surface area (Å²) in [6.07, 6.45) is 0. The summed E-state index contributed by atoms with van der Waals surface area (Å²) in [4.78, 5) is 0. The van der Waals surface area contributed by atoms with E-state index in [4.69, 9.17) is 5.73 Å². The zero-order chi connectivity index (χ0) is 17.6. The maximum atomic E-state index is 6.08. The molecule has 0 unspecified atom stereocenters. The lowest BCUT2D eigenvalue weighted by molar-refractivity contribution is 0.823. The zero-order valence-corrected chi connectivity index (χ0v) is 14.5. The molecule has 0 bridgehead atoms. The number of benzene rings is 2. The lowest BCUT2D eigenvalue weighted by Gasteiger charge is -2.11. The molecule has 0 aliphatic rings. The molecular formula is C20H19N5. The first kappa shape index (κ1) is 15.3. The van der Waals surface area contributed by atoms with Crippen molar-refractivity contribution in [1.82, 2.24) is 20.0 Å². The summed E-state index contributed by atoms with van der Waals surface area (Å²) >= 11 is 0. The molecule has 0 saturated carbocycles. The van der Waals surface area contributed by atoms with E-state index in [2.05, 4.69) is 53.4 Å². The molecular weight excluding hydrogens is 310 g/mol. The molecule has 2 aromatic heterocycles. The molecule has 0 aliphatic carbocycles. The Labute approximate surface area is 146 Å². The smallest absolute Gasteiger partial charge is 0.185 e. The Morgan fingerprint density at radius 3 is 2.28 bits per heavy atom. The van der Waals surface area contributed by atoms with Crippen LogP contribution in [0.4, 0.5) is 5.82 Å². The Hall–Kier alpha value is -3.21. The lowest BCUT2D eigenvalue weighted by atomic mass is 10.0. The fraction of sp³-hybridized carbons (Fsp3) is 0.150. The first-order valence-electron chi connectivity index (χ1n) is 8.20. The van der Waals surface area contributed by atoms with E-state index in [1.54, 1.807) is 4.68 Å². The Bertz CT molecular complexity index is 1090. The normalized spacial score (nSPS) is 11.2. The molecule has 4 rings (SSSR count). The maximum Gasteiger partial charge on any atom is 0.185 e. The first-order valence-corrected chi connectivity index (χ1v) is 8.20. The van der Waals surface area contributed by atoms with Gasteiger partial charge < -0.3 is 5.73 Å². The van der Waals surface area contributed by atoms with Gasteiger partial charge in [-0.2, -0.15) is 9.78 Å². The highest BCUT2D eigenvalue weighted by atomic mass is 15.4. The molecule has 5 heteroatoms. The average Bonchev–Trinajstić information content (AvgIpc) is 2.94. The summed E-state index contributed by atoms with van der Waals surface area (Å²) in [6.45, 7) is 6.12. The number of aryl methyl sites for hydroxylation is 3. The van der Waals surface area contributed by atoms with Gasteiger partial charge in [-0.1, -0.05) is 36.4 Å². The molecule has 4 aromatic rings. The van der Waals surface area contributed by atoms with Crippen molar-refractivity contribution >= 4 is 16.6 Å². The largest absolute Gasteiger partial charge is 0.384 e. The molecule has 124 valence electrons. The predicted molar refractivity (Wildman–Crippen MR) is 101 cm³/mol. The molecule has 5 nitrogen and oxygen atoms in total. The van der Waals surface area contributed by atoms with Crippen LogP contribution < -0.4 is 5.73 Å². The fourth-order valence-corrected chi connectivity index (χ4v) is 3.04. The number of rotatable bonds is 2. The Balaban J connectivity index is 1.99. The van der Waals surface area contributed by atoms with Crippen molar-refractivity contribution in [3.05, 3.63) is 65.4 Å². The summed E-state index contributed by atoms with van der Waals surface area (Å²) in [5, 5.41) is 15.4. The molecule has 0 amide bonds. The number of anilines is 1. The number of nitrogen functional groups attached to an aromatic ring is 1. The monoisotopic (exact) mass is 329 g/mol. The Morgan fingerprint density at radius 2 is 1.60 bits per heavy atom. The van der Waals surface area contributed by atoms with Gasteiger partial charge in [-0.05, 0) is 38.0 Å². The summed E-state index contributed by atoms with van der Waals surface area (Å²) in [5.41, 5.74) is 11.4. The number of nitrogens with zero attached hydrogens (tertiary/aromatic N) is 4. The van der Waals surface area contributed by atoms with E-state index in [9.17, 15) is 0 Å². The predicted octanol–water partition coefficient (Wildman–Crippen LogP) is 3.99. The van der Waals surface area contributed by atoms with Crippen molar-refractivity contribution in [2.24, 2.45) is 0 Å². The van der Waals surface area contributed by atoms with Crippen molar-refractivity contribution in [2.75, 3.05) is 5.73 Å². The molecule has 0 saturated heterocycles. The van der Waals surface area contributed by atoms with E-state index < -0.39 is 0 Å². The third-order valence-corrected chi connectivity index (χ3v) is 4.51. The van der Waals surface area contributed by atoms with Crippen LogP contribution in [-0.4, -0.2) is 20.0 Å². The van der Waals surface area contributed by atoms with Gasteiger partial charge in [0.25, 0.3) is 0 Å². The van der Waals surface area contributed by atoms with Gasteiger partial charge in [0.05, 0.1) is 5.69 Å². The minimum absolute atomic E-state index is 0.552. The van der Waals surface area contributed by atoms with Crippen LogP contribution in [-0.2, 0) is 0 Å². The minimum Gasteiger partial charge on any atom is -0.384 e. The second-order valence-electron chi connectivity index (χ2n) is 6.34. The van der Waals surface area contributed by atoms with Gasteiger partial charge in [0.15, 0.2) is 5.82 Å². The first-order chi connectivity index (χ1) is 12.0. The van der Waals surface area contributed by atoms with Crippen LogP contribution in [0.5, 0.6) is 0 Å². The number of hydrogen-bond donors (Lipinski definition) is 1. The highest BCUT2D eigenvalue weighted by Gasteiger charge is 2.15. The number of aromatic nitrogens is 4. The van der Waals surface area contributed by atoms with Crippen molar-refractivity contribution in [1.29, 1.82) is 0 Å². The molecule has 0 atom stereocenters. The summed E-state index contributed by atoms with van der Waals surface area (Å²) in [5.74, 6) is 1.20. The third kappa shape index (κ3) is 2.54. The molecule has 2 heterocycles. The maximum absolute atomic E-state index is 6.08. The molecule has 0 radical (unpaired) electrons. The van der Waals surface area contributed by atoms with Gasteiger partial charge in [-0.25, -0.2) is 0 Å². The van der Waals surface area contributed by atoms with Crippen molar-refractivity contribution in [2.45, 2.75) is 20.8 Å². The number of fused-ring (bicyclic) bond motifs is 1. The summed E-state index contributed by atoms with van der Waals surface area (Å²) in [7, 11) is 0. The van der Waals surface area contributed by atoms with Crippen LogP contribution in [0.15, 0.2) is 48.5 Å². The molecule has 0 spiro atoms. The second-order valence-corrected chi connectivity index (χ2v) is 6.34. The molecule has 2 aromatic carbocycles. The van der Waals surface area contributed by atoms with Gasteiger partial charge in [0.1, 0.15) is 11.5 Å². The zero-order valence-electron chi connectivity index (χ0n) is 14.5. The van der Waals surface area contributed by atoms with E-state index in [1.807, 2.05) is 31.2 Å². The van der Waals surface area contributed by atoms with Gasteiger partial charge in [0, 0.05) is 22.4 Å². The van der Waals surface area contributed by atoms with E-state index in [-0.39, 0.29) is 0 Å². The van der Waals surface area contributed by atoms with Crippen LogP contribution in [0.1, 0.15) is 16.8 Å². The molecule has 2 N–H and O–H groups in total. The van der Waals surface area contributed by atoms with Crippen molar-refractivity contribution < 1.29 is 0 Å². The average molecular weight is 329 g/mol. The van der Waals surface area contributed by atoms with E-state index in [0.29, 0.717) is 11.6 Å². The van der Waals surface area contributed by atoms with Gasteiger partial charge in [-0.15, -0.1) is 10.2 Å². The Morgan fingerprint density at radius 1 is 0.840 bits per heavy atom. The highest BCUT2D eigenvalue weighted by molar-refractivity contribution is 5.98. The second kappa shape index (κ2) is 5.70. The fourth-order valence-electron chi connectivity index (χ4n) is 3.04. The molecule has 0 fully saturated rings. The van der Waals surface area contributed by atoms with E-state index in [1.165, 1.54) is 11.1 Å².